The molecule has 0 fully saturated rings. The Morgan fingerprint density at radius 1 is 1.24 bits per heavy atom. The van der Waals surface area contributed by atoms with E-state index in [1.165, 1.54) is 10.4 Å². The average molecular weight is 474 g/mol. The quantitative estimate of drug-likeness (QED) is 0.381. The number of nitrogens with zero attached hydrogens (tertiary/aromatic N) is 2. The third kappa shape index (κ3) is 6.47. The first-order valence-corrected chi connectivity index (χ1v) is 8.76. The van der Waals surface area contributed by atoms with Crippen LogP contribution in [0, 0.1) is 6.92 Å². The molecule has 2 N–H and O–H groups in total. The summed E-state index contributed by atoms with van der Waals surface area (Å²) in [7, 11) is 3.46. The summed E-state index contributed by atoms with van der Waals surface area (Å²) in [6.07, 6.45) is 1.89. The van der Waals surface area contributed by atoms with Gasteiger partial charge in [0, 0.05) is 30.1 Å². The Labute approximate surface area is 171 Å². The van der Waals surface area contributed by atoms with Crippen LogP contribution in [-0.2, 0) is 12.0 Å². The maximum atomic E-state index is 5.22. The van der Waals surface area contributed by atoms with Gasteiger partial charge in [-0.05, 0) is 24.6 Å². The van der Waals surface area contributed by atoms with Crippen LogP contribution >= 0.6 is 35.3 Å². The molecule has 0 saturated carbocycles. The SMILES string of the molecule is CN=C(NCc1ncc(C)s1)NCC(C)(C)c1ccc(OC)cc1.I. The minimum absolute atomic E-state index is 0. The summed E-state index contributed by atoms with van der Waals surface area (Å²) in [5, 5.41) is 7.77. The number of rotatable bonds is 6. The molecule has 1 aromatic carbocycles. The number of nitrogens with one attached hydrogen (secondary N) is 2. The summed E-state index contributed by atoms with van der Waals surface area (Å²) in [5.41, 5.74) is 1.23. The highest BCUT2D eigenvalue weighted by atomic mass is 127. The minimum Gasteiger partial charge on any atom is -0.497 e. The lowest BCUT2D eigenvalue weighted by Gasteiger charge is -2.27. The highest BCUT2D eigenvalue weighted by Gasteiger charge is 2.21. The van der Waals surface area contributed by atoms with Gasteiger partial charge in [-0.1, -0.05) is 26.0 Å². The Bertz CT molecular complexity index is 683. The molecule has 25 heavy (non-hydrogen) atoms. The third-order valence-corrected chi connectivity index (χ3v) is 4.78. The van der Waals surface area contributed by atoms with Crippen molar-refractivity contribution in [3.05, 3.63) is 45.9 Å². The first-order valence-electron chi connectivity index (χ1n) is 7.95. The van der Waals surface area contributed by atoms with E-state index in [9.17, 15) is 0 Å². The largest absolute Gasteiger partial charge is 0.497 e. The van der Waals surface area contributed by atoms with Gasteiger partial charge in [-0.15, -0.1) is 35.3 Å². The first-order chi connectivity index (χ1) is 11.4. The lowest BCUT2D eigenvalue weighted by molar-refractivity contribution is 0.414. The zero-order chi connectivity index (χ0) is 17.6. The molecule has 0 saturated heterocycles. The van der Waals surface area contributed by atoms with E-state index in [0.717, 1.165) is 23.3 Å². The van der Waals surface area contributed by atoms with E-state index in [1.807, 2.05) is 18.3 Å². The molecule has 1 aromatic heterocycles. The Morgan fingerprint density at radius 3 is 2.44 bits per heavy atom. The van der Waals surface area contributed by atoms with E-state index in [1.54, 1.807) is 25.5 Å². The number of methoxy groups -OCH3 is 1. The molecule has 2 aromatic rings. The second-order valence-electron chi connectivity index (χ2n) is 6.26. The van der Waals surface area contributed by atoms with E-state index >= 15 is 0 Å². The summed E-state index contributed by atoms with van der Waals surface area (Å²) in [4.78, 5) is 9.86. The molecule has 2 rings (SSSR count). The van der Waals surface area contributed by atoms with Crippen LogP contribution in [0.15, 0.2) is 35.5 Å². The van der Waals surface area contributed by atoms with Crippen molar-refractivity contribution in [2.75, 3.05) is 20.7 Å². The molecule has 138 valence electrons. The van der Waals surface area contributed by atoms with Gasteiger partial charge in [0.2, 0.25) is 0 Å². The molecule has 0 bridgehead atoms. The highest BCUT2D eigenvalue weighted by Crippen LogP contribution is 2.24. The Kier molecular flexibility index (Phi) is 8.64. The van der Waals surface area contributed by atoms with Crippen molar-refractivity contribution in [2.24, 2.45) is 4.99 Å². The van der Waals surface area contributed by atoms with Gasteiger partial charge in [-0.2, -0.15) is 0 Å². The van der Waals surface area contributed by atoms with Gasteiger partial charge in [-0.3, -0.25) is 4.99 Å². The van der Waals surface area contributed by atoms with Gasteiger partial charge in [0.15, 0.2) is 5.96 Å². The van der Waals surface area contributed by atoms with Crippen LogP contribution in [0.3, 0.4) is 0 Å². The molecule has 0 radical (unpaired) electrons. The van der Waals surface area contributed by atoms with Crippen LogP contribution in [0.1, 0.15) is 29.3 Å². The monoisotopic (exact) mass is 474 g/mol. The number of aromatic nitrogens is 1. The van der Waals surface area contributed by atoms with E-state index in [4.69, 9.17) is 4.74 Å². The molecule has 0 atom stereocenters. The fourth-order valence-corrected chi connectivity index (χ4v) is 3.04. The Hall–Kier alpha value is -1.35. The molecule has 0 unspecified atom stereocenters. The molecular weight excluding hydrogens is 447 g/mol. The third-order valence-electron chi connectivity index (χ3n) is 3.87. The number of aliphatic imine (C=N–C) groups is 1. The van der Waals surface area contributed by atoms with Gasteiger partial charge >= 0.3 is 0 Å². The number of hydrogen-bond donors (Lipinski definition) is 2. The van der Waals surface area contributed by atoms with E-state index in [2.05, 4.69) is 53.5 Å². The van der Waals surface area contributed by atoms with Crippen LogP contribution in [-0.4, -0.2) is 31.6 Å². The van der Waals surface area contributed by atoms with Crippen LogP contribution in [0.5, 0.6) is 5.75 Å². The zero-order valence-corrected chi connectivity index (χ0v) is 18.6. The van der Waals surface area contributed by atoms with Gasteiger partial charge in [0.1, 0.15) is 10.8 Å². The summed E-state index contributed by atoms with van der Waals surface area (Å²) in [6, 6.07) is 8.20. The predicted molar refractivity (Wildman–Crippen MR) is 116 cm³/mol. The maximum Gasteiger partial charge on any atom is 0.191 e. The molecule has 0 aliphatic carbocycles. The molecule has 0 amide bonds. The number of hydrogen-bond acceptors (Lipinski definition) is 4. The van der Waals surface area contributed by atoms with Crippen molar-refractivity contribution in [1.29, 1.82) is 0 Å². The number of ether oxygens (including phenoxy) is 1. The van der Waals surface area contributed by atoms with Crippen molar-refractivity contribution in [3.63, 3.8) is 0 Å². The lowest BCUT2D eigenvalue weighted by atomic mass is 9.84. The molecule has 5 nitrogen and oxygen atoms in total. The topological polar surface area (TPSA) is 58.5 Å². The second-order valence-corrected chi connectivity index (χ2v) is 7.58. The number of aryl methyl sites for hydroxylation is 1. The Morgan fingerprint density at radius 2 is 1.92 bits per heavy atom. The molecule has 0 aliphatic heterocycles. The molecule has 0 spiro atoms. The standard InChI is InChI=1S/C18H26N4OS.HI/c1-13-10-20-16(24-13)11-21-17(19-4)22-12-18(2,3)14-6-8-15(23-5)9-7-14;/h6-10H,11-12H2,1-5H3,(H2,19,21,22);1H. The van der Waals surface area contributed by atoms with E-state index in [-0.39, 0.29) is 29.4 Å². The van der Waals surface area contributed by atoms with Gasteiger partial charge in [0.25, 0.3) is 0 Å². The number of thiazole rings is 1. The van der Waals surface area contributed by atoms with Crippen LogP contribution in [0.4, 0.5) is 0 Å². The van der Waals surface area contributed by atoms with Gasteiger partial charge in [0.05, 0.1) is 13.7 Å². The second kappa shape index (κ2) is 9.96. The van der Waals surface area contributed by atoms with Crippen molar-refractivity contribution in [1.82, 2.24) is 15.6 Å². The maximum absolute atomic E-state index is 5.22. The van der Waals surface area contributed by atoms with Crippen LogP contribution in [0.25, 0.3) is 0 Å². The fourth-order valence-electron chi connectivity index (χ4n) is 2.31. The van der Waals surface area contributed by atoms with Crippen LogP contribution in [0.2, 0.25) is 0 Å². The predicted octanol–water partition coefficient (Wildman–Crippen LogP) is 3.72. The summed E-state index contributed by atoms with van der Waals surface area (Å²) in [5.74, 6) is 1.66. The zero-order valence-electron chi connectivity index (χ0n) is 15.4. The van der Waals surface area contributed by atoms with Crippen molar-refractivity contribution < 1.29 is 4.74 Å². The van der Waals surface area contributed by atoms with Crippen molar-refractivity contribution in [3.8, 4) is 5.75 Å². The fraction of sp³-hybridized carbons (Fsp3) is 0.444. The van der Waals surface area contributed by atoms with Gasteiger partial charge in [-0.25, -0.2) is 4.98 Å². The summed E-state index contributed by atoms with van der Waals surface area (Å²) >= 11 is 1.70. The van der Waals surface area contributed by atoms with Crippen molar-refractivity contribution in [2.45, 2.75) is 32.7 Å². The van der Waals surface area contributed by atoms with Gasteiger partial charge < -0.3 is 15.4 Å². The molecule has 7 heteroatoms. The smallest absolute Gasteiger partial charge is 0.191 e. The molecule has 1 heterocycles. The number of guanidine groups is 1. The highest BCUT2D eigenvalue weighted by molar-refractivity contribution is 14.0. The molecular formula is C18H27IN4OS. The van der Waals surface area contributed by atoms with Crippen LogP contribution < -0.4 is 15.4 Å². The first kappa shape index (κ1) is 21.7. The number of benzene rings is 1. The molecule has 0 aliphatic rings. The summed E-state index contributed by atoms with van der Waals surface area (Å²) in [6.45, 7) is 7.93. The normalized spacial score (nSPS) is 11.6. The minimum atomic E-state index is -0.0261. The lowest BCUT2D eigenvalue weighted by Crippen LogP contribution is -2.43. The van der Waals surface area contributed by atoms with E-state index in [0.29, 0.717) is 6.54 Å². The number of halogens is 1. The Balaban J connectivity index is 0.00000312. The summed E-state index contributed by atoms with van der Waals surface area (Å²) < 4.78 is 5.22. The van der Waals surface area contributed by atoms with E-state index < -0.39 is 0 Å². The van der Waals surface area contributed by atoms with Crippen molar-refractivity contribution >= 4 is 41.3 Å². The average Bonchev–Trinajstić information content (AvgIpc) is 3.00.